The molecule has 3 rings (SSSR count). The highest BCUT2D eigenvalue weighted by Crippen LogP contribution is 2.53. The van der Waals surface area contributed by atoms with Gasteiger partial charge in [-0.2, -0.15) is 5.26 Å². The number of aldehydes is 1. The van der Waals surface area contributed by atoms with E-state index in [0.29, 0.717) is 24.1 Å². The van der Waals surface area contributed by atoms with Gasteiger partial charge in [0.2, 0.25) is 0 Å². The zero-order valence-electron chi connectivity index (χ0n) is 8.44. The van der Waals surface area contributed by atoms with Crippen LogP contribution in [0.4, 0.5) is 0 Å². The minimum absolute atomic E-state index is 0.312. The van der Waals surface area contributed by atoms with Crippen molar-refractivity contribution in [3.63, 3.8) is 0 Å². The van der Waals surface area contributed by atoms with E-state index in [9.17, 15) is 4.79 Å². The maximum absolute atomic E-state index is 10.9. The Kier molecular flexibility index (Phi) is 1.72. The summed E-state index contributed by atoms with van der Waals surface area (Å²) in [6, 6.07) is 4.13. The number of aromatic nitrogens is 1. The largest absolute Gasteiger partial charge is 0.328 e. The molecule has 1 heterocycles. The first-order valence-corrected chi connectivity index (χ1v) is 5.40. The van der Waals surface area contributed by atoms with Crippen molar-refractivity contribution >= 4 is 6.29 Å². The lowest BCUT2D eigenvalue weighted by molar-refractivity contribution is 0.111. The summed E-state index contributed by atoms with van der Waals surface area (Å²) in [7, 11) is 0. The van der Waals surface area contributed by atoms with E-state index in [0.717, 1.165) is 6.29 Å². The molecule has 2 aliphatic carbocycles. The maximum Gasteiger partial charge on any atom is 0.166 e. The summed E-state index contributed by atoms with van der Waals surface area (Å²) in [6.45, 7) is 0.312. The Morgan fingerprint density at radius 3 is 3.07 bits per heavy atom. The molecule has 2 aliphatic rings. The predicted molar refractivity (Wildman–Crippen MR) is 54.8 cm³/mol. The second kappa shape index (κ2) is 2.96. The summed E-state index contributed by atoms with van der Waals surface area (Å²) >= 11 is 0. The number of nitrogens with zero attached hydrogens (tertiary/aromatic N) is 2. The van der Waals surface area contributed by atoms with Crippen molar-refractivity contribution in [1.29, 1.82) is 5.26 Å². The topological polar surface area (TPSA) is 45.8 Å². The summed E-state index contributed by atoms with van der Waals surface area (Å²) < 4.78 is 1.91. The summed E-state index contributed by atoms with van der Waals surface area (Å²) in [5, 5.41) is 8.77. The molecule has 1 aromatic heterocycles. The number of fused-ring (bicyclic) bond motifs is 5. The maximum atomic E-state index is 10.9. The fourth-order valence-electron chi connectivity index (χ4n) is 3.25. The molecule has 0 aromatic carbocycles. The average molecular weight is 200 g/mol. The van der Waals surface area contributed by atoms with Crippen LogP contribution in [0.1, 0.15) is 52.8 Å². The molecule has 3 nitrogen and oxygen atoms in total. The van der Waals surface area contributed by atoms with Crippen molar-refractivity contribution in [1.82, 2.24) is 4.57 Å². The predicted octanol–water partition coefficient (Wildman–Crippen LogP) is 2.19. The molecule has 76 valence electrons. The van der Waals surface area contributed by atoms with Gasteiger partial charge in [-0.05, 0) is 36.8 Å². The first-order valence-electron chi connectivity index (χ1n) is 5.40. The second-order valence-electron chi connectivity index (χ2n) is 4.48. The molecule has 0 amide bonds. The van der Waals surface area contributed by atoms with Crippen molar-refractivity contribution in [2.24, 2.45) is 0 Å². The molecule has 0 aliphatic heterocycles. The van der Waals surface area contributed by atoms with Gasteiger partial charge >= 0.3 is 0 Å². The van der Waals surface area contributed by atoms with Crippen LogP contribution in [-0.2, 0) is 6.54 Å². The van der Waals surface area contributed by atoms with E-state index < -0.39 is 0 Å². The van der Waals surface area contributed by atoms with E-state index in [-0.39, 0.29) is 0 Å². The highest BCUT2D eigenvalue weighted by Gasteiger charge is 2.40. The van der Waals surface area contributed by atoms with Gasteiger partial charge in [0.1, 0.15) is 6.54 Å². The number of hydrogen-bond donors (Lipinski definition) is 0. The van der Waals surface area contributed by atoms with Crippen LogP contribution in [0.15, 0.2) is 6.07 Å². The van der Waals surface area contributed by atoms with Crippen LogP contribution < -0.4 is 0 Å². The van der Waals surface area contributed by atoms with E-state index in [4.69, 9.17) is 5.26 Å². The van der Waals surface area contributed by atoms with E-state index in [1.165, 1.54) is 30.5 Å². The summed E-state index contributed by atoms with van der Waals surface area (Å²) in [6.07, 6.45) is 4.59. The smallest absolute Gasteiger partial charge is 0.166 e. The van der Waals surface area contributed by atoms with E-state index in [1.807, 2.05) is 10.6 Å². The third-order valence-corrected chi connectivity index (χ3v) is 3.81. The molecule has 2 atom stereocenters. The van der Waals surface area contributed by atoms with Gasteiger partial charge < -0.3 is 4.57 Å². The number of hydrogen-bond acceptors (Lipinski definition) is 2. The Labute approximate surface area is 88.3 Å². The van der Waals surface area contributed by atoms with Gasteiger partial charge in [0.05, 0.1) is 11.8 Å². The highest BCUT2D eigenvalue weighted by atomic mass is 16.1. The van der Waals surface area contributed by atoms with Gasteiger partial charge in [-0.15, -0.1) is 0 Å². The third kappa shape index (κ3) is 1.02. The Balaban J connectivity index is 2.17. The SMILES string of the molecule is N#CCn1c(C=O)cc2c1C1CCC2C1. The zero-order chi connectivity index (χ0) is 10.4. The van der Waals surface area contributed by atoms with Crippen LogP contribution in [0.25, 0.3) is 0 Å². The van der Waals surface area contributed by atoms with Crippen LogP contribution in [0.5, 0.6) is 0 Å². The molecule has 2 bridgehead atoms. The molecule has 0 saturated heterocycles. The van der Waals surface area contributed by atoms with Crippen LogP contribution in [0.3, 0.4) is 0 Å². The van der Waals surface area contributed by atoms with Gasteiger partial charge in [-0.3, -0.25) is 4.79 Å². The van der Waals surface area contributed by atoms with Gasteiger partial charge in [-0.1, -0.05) is 0 Å². The number of rotatable bonds is 2. The summed E-state index contributed by atoms with van der Waals surface area (Å²) in [4.78, 5) is 10.9. The zero-order valence-corrected chi connectivity index (χ0v) is 8.44. The lowest BCUT2D eigenvalue weighted by atomic mass is 9.98. The Morgan fingerprint density at radius 2 is 2.33 bits per heavy atom. The molecule has 0 N–H and O–H groups in total. The Hall–Kier alpha value is -1.56. The van der Waals surface area contributed by atoms with Crippen molar-refractivity contribution in [2.75, 3.05) is 0 Å². The van der Waals surface area contributed by atoms with Crippen LogP contribution in [0.2, 0.25) is 0 Å². The van der Waals surface area contributed by atoms with Crippen LogP contribution >= 0.6 is 0 Å². The van der Waals surface area contributed by atoms with Gasteiger partial charge in [0.25, 0.3) is 0 Å². The number of carbonyl (C=O) groups is 1. The molecule has 1 saturated carbocycles. The quantitative estimate of drug-likeness (QED) is 0.687. The van der Waals surface area contributed by atoms with Crippen molar-refractivity contribution < 1.29 is 4.79 Å². The standard InChI is InChI=1S/C12H12N2O/c13-3-4-14-10(7-15)6-11-8-1-2-9(5-8)12(11)14/h6-9H,1-2,4-5H2. The van der Waals surface area contributed by atoms with Crippen molar-refractivity contribution in [3.05, 3.63) is 23.0 Å². The molecule has 2 unspecified atom stereocenters. The lowest BCUT2D eigenvalue weighted by Gasteiger charge is -2.13. The molecule has 0 spiro atoms. The van der Waals surface area contributed by atoms with Crippen molar-refractivity contribution in [3.8, 4) is 6.07 Å². The Morgan fingerprint density at radius 1 is 1.53 bits per heavy atom. The van der Waals surface area contributed by atoms with E-state index in [1.54, 1.807) is 0 Å². The van der Waals surface area contributed by atoms with Gasteiger partial charge in [0.15, 0.2) is 6.29 Å². The number of carbonyl (C=O) groups excluding carboxylic acids is 1. The first kappa shape index (κ1) is 8.72. The normalized spacial score (nSPS) is 26.3. The monoisotopic (exact) mass is 200 g/mol. The lowest BCUT2D eigenvalue weighted by Crippen LogP contribution is -2.08. The van der Waals surface area contributed by atoms with Crippen LogP contribution in [-0.4, -0.2) is 10.9 Å². The molecule has 1 aromatic rings. The Bertz CT molecular complexity index is 467. The van der Waals surface area contributed by atoms with Crippen molar-refractivity contribution in [2.45, 2.75) is 37.6 Å². The number of nitriles is 1. The van der Waals surface area contributed by atoms with Crippen LogP contribution in [0, 0.1) is 11.3 Å². The average Bonchev–Trinajstić information content (AvgIpc) is 2.88. The fourth-order valence-corrected chi connectivity index (χ4v) is 3.25. The molecular weight excluding hydrogens is 188 g/mol. The highest BCUT2D eigenvalue weighted by molar-refractivity contribution is 5.74. The molecule has 1 fully saturated rings. The van der Waals surface area contributed by atoms with E-state index in [2.05, 4.69) is 6.07 Å². The summed E-state index contributed by atoms with van der Waals surface area (Å²) in [5.41, 5.74) is 3.29. The minimum Gasteiger partial charge on any atom is -0.328 e. The van der Waals surface area contributed by atoms with Gasteiger partial charge in [0, 0.05) is 11.6 Å². The molecular formula is C12H12N2O. The minimum atomic E-state index is 0.312. The van der Waals surface area contributed by atoms with E-state index >= 15 is 0 Å². The molecule has 3 heteroatoms. The van der Waals surface area contributed by atoms with Gasteiger partial charge in [-0.25, -0.2) is 0 Å². The third-order valence-electron chi connectivity index (χ3n) is 3.81. The fraction of sp³-hybridized carbons (Fsp3) is 0.500. The summed E-state index contributed by atoms with van der Waals surface area (Å²) in [5.74, 6) is 1.26. The molecule has 15 heavy (non-hydrogen) atoms. The first-order chi connectivity index (χ1) is 7.35. The molecule has 0 radical (unpaired) electrons. The second-order valence-corrected chi connectivity index (χ2v) is 4.48.